The summed E-state index contributed by atoms with van der Waals surface area (Å²) < 4.78 is 10.6. The molecule has 2 aliphatic rings. The van der Waals surface area contributed by atoms with Crippen molar-refractivity contribution in [3.05, 3.63) is 59.7 Å². The maximum Gasteiger partial charge on any atom is 0.324 e. The number of benzene rings is 2. The topological polar surface area (TPSA) is 92.8 Å². The highest BCUT2D eigenvalue weighted by atomic mass is 16.7. The van der Waals surface area contributed by atoms with Gasteiger partial charge in [0.2, 0.25) is 0 Å². The van der Waals surface area contributed by atoms with Gasteiger partial charge in [-0.2, -0.15) is 0 Å². The number of pyridine rings is 1. The van der Waals surface area contributed by atoms with Crippen molar-refractivity contribution in [2.24, 2.45) is 0 Å². The molecule has 3 amide bonds. The Bertz CT molecular complexity index is 1200. The van der Waals surface area contributed by atoms with Crippen LogP contribution in [0.25, 0.3) is 10.9 Å². The number of nitrogens with zero attached hydrogens (tertiary/aromatic N) is 2. The number of hydrogen-bond acceptors (Lipinski definition) is 5. The van der Waals surface area contributed by atoms with Crippen molar-refractivity contribution in [3.63, 3.8) is 0 Å². The second-order valence-corrected chi connectivity index (χ2v) is 7.93. The summed E-state index contributed by atoms with van der Waals surface area (Å²) in [7, 11) is 1.55. The minimum atomic E-state index is -0.415. The Labute approximate surface area is 185 Å². The summed E-state index contributed by atoms with van der Waals surface area (Å²) in [5, 5.41) is 6.61. The fourth-order valence-electron chi connectivity index (χ4n) is 4.55. The van der Waals surface area contributed by atoms with E-state index < -0.39 is 6.03 Å². The number of methoxy groups -OCH3 is 1. The summed E-state index contributed by atoms with van der Waals surface area (Å²) in [4.78, 5) is 32.0. The van der Waals surface area contributed by atoms with Crippen LogP contribution in [0.2, 0.25) is 0 Å². The van der Waals surface area contributed by atoms with Gasteiger partial charge in [-0.1, -0.05) is 18.2 Å². The molecular formula is C24H24N4O4. The number of para-hydroxylation sites is 1. The molecule has 5 rings (SSSR count). The molecule has 1 unspecified atom stereocenters. The zero-order chi connectivity index (χ0) is 22.1. The fourth-order valence-corrected chi connectivity index (χ4v) is 4.55. The van der Waals surface area contributed by atoms with E-state index in [9.17, 15) is 9.59 Å². The predicted octanol–water partition coefficient (Wildman–Crippen LogP) is 4.54. The molecule has 32 heavy (non-hydrogen) atoms. The number of piperidine rings is 1. The molecule has 0 radical (unpaired) electrons. The minimum Gasteiger partial charge on any atom is -0.465 e. The molecule has 1 fully saturated rings. The van der Waals surface area contributed by atoms with Gasteiger partial charge in [0, 0.05) is 35.9 Å². The van der Waals surface area contributed by atoms with Crippen molar-refractivity contribution in [2.45, 2.75) is 25.3 Å². The lowest BCUT2D eigenvalue weighted by Gasteiger charge is -2.30. The van der Waals surface area contributed by atoms with Crippen molar-refractivity contribution in [2.75, 3.05) is 31.1 Å². The lowest BCUT2D eigenvalue weighted by molar-refractivity contribution is 0.0521. The van der Waals surface area contributed by atoms with E-state index in [0.717, 1.165) is 36.8 Å². The van der Waals surface area contributed by atoms with E-state index >= 15 is 0 Å². The van der Waals surface area contributed by atoms with E-state index in [1.54, 1.807) is 25.3 Å². The van der Waals surface area contributed by atoms with Gasteiger partial charge in [0.25, 0.3) is 5.91 Å². The molecule has 8 nitrogen and oxygen atoms in total. The third kappa shape index (κ3) is 3.62. The van der Waals surface area contributed by atoms with Gasteiger partial charge in [-0.3, -0.25) is 10.1 Å². The van der Waals surface area contributed by atoms with Gasteiger partial charge in [0.15, 0.2) is 6.79 Å². The molecule has 0 spiro atoms. The van der Waals surface area contributed by atoms with Gasteiger partial charge < -0.3 is 19.7 Å². The normalized spacial score (nSPS) is 17.1. The van der Waals surface area contributed by atoms with Crippen molar-refractivity contribution >= 4 is 34.3 Å². The number of fused-ring (bicyclic) bond motifs is 4. The lowest BCUT2D eigenvalue weighted by atomic mass is 9.96. The van der Waals surface area contributed by atoms with Crippen LogP contribution in [0.15, 0.2) is 48.5 Å². The van der Waals surface area contributed by atoms with Crippen LogP contribution in [0.5, 0.6) is 5.75 Å². The number of hydrogen-bond donors (Lipinski definition) is 2. The fraction of sp³-hybridized carbons (Fsp3) is 0.292. The van der Waals surface area contributed by atoms with Crippen molar-refractivity contribution in [3.8, 4) is 5.75 Å². The van der Waals surface area contributed by atoms with Crippen LogP contribution in [0.1, 0.15) is 41.2 Å². The van der Waals surface area contributed by atoms with Gasteiger partial charge in [-0.15, -0.1) is 0 Å². The Morgan fingerprint density at radius 2 is 2.00 bits per heavy atom. The number of nitrogens with one attached hydrogen (secondary N) is 2. The molecule has 0 saturated carbocycles. The van der Waals surface area contributed by atoms with Crippen molar-refractivity contribution in [1.82, 2.24) is 9.88 Å². The summed E-state index contributed by atoms with van der Waals surface area (Å²) in [5.74, 6) is 1.02. The largest absolute Gasteiger partial charge is 0.465 e. The van der Waals surface area contributed by atoms with Crippen LogP contribution in [0, 0.1) is 0 Å². The van der Waals surface area contributed by atoms with Gasteiger partial charge in [-0.05, 0) is 49.6 Å². The molecule has 1 saturated heterocycles. The molecular weight excluding hydrogens is 408 g/mol. The second kappa shape index (κ2) is 8.47. The van der Waals surface area contributed by atoms with Crippen molar-refractivity contribution < 1.29 is 19.1 Å². The molecule has 2 aliphatic heterocycles. The van der Waals surface area contributed by atoms with E-state index in [1.807, 2.05) is 35.2 Å². The molecule has 8 heteroatoms. The summed E-state index contributed by atoms with van der Waals surface area (Å²) in [5.41, 5.74) is 2.88. The van der Waals surface area contributed by atoms with E-state index in [-0.39, 0.29) is 18.7 Å². The van der Waals surface area contributed by atoms with Crippen LogP contribution in [-0.4, -0.2) is 42.3 Å². The summed E-state index contributed by atoms with van der Waals surface area (Å²) in [6.07, 6.45) is 3.00. The third-order valence-electron chi connectivity index (χ3n) is 5.94. The number of rotatable bonds is 5. The van der Waals surface area contributed by atoms with E-state index in [2.05, 4.69) is 15.6 Å². The molecule has 3 heterocycles. The van der Waals surface area contributed by atoms with Gasteiger partial charge >= 0.3 is 6.03 Å². The second-order valence-electron chi connectivity index (χ2n) is 7.93. The predicted molar refractivity (Wildman–Crippen MR) is 121 cm³/mol. The van der Waals surface area contributed by atoms with Gasteiger partial charge in [0.05, 0.1) is 6.04 Å². The Kier molecular flexibility index (Phi) is 5.36. The summed E-state index contributed by atoms with van der Waals surface area (Å²) in [6, 6.07) is 14.3. The number of anilines is 2. The smallest absolute Gasteiger partial charge is 0.324 e. The van der Waals surface area contributed by atoms with Crippen LogP contribution < -0.4 is 15.4 Å². The zero-order valence-corrected chi connectivity index (χ0v) is 17.8. The number of carbonyl (C=O) groups excluding carboxylic acids is 2. The maximum atomic E-state index is 12.8. The number of carbonyl (C=O) groups is 2. The first-order chi connectivity index (χ1) is 15.7. The van der Waals surface area contributed by atoms with Gasteiger partial charge in [0.1, 0.15) is 17.1 Å². The zero-order valence-electron chi connectivity index (χ0n) is 17.8. The standard InChI is InChI=1S/C24H24N4O4/c1-31-14-32-19-10-4-6-15-11-12-20(26-22(15)19)27-24(30)25-17-8-5-7-16-21(17)18-9-2-3-13-28(18)23(16)29/h4-8,10-12,18H,2-3,9,13-14H2,1H3,(H2,25,26,27,30). The first-order valence-corrected chi connectivity index (χ1v) is 10.7. The SMILES string of the molecule is COCOc1cccc2ccc(NC(=O)Nc3cccc4c3C3CCCCN3C4=O)nc12. The number of aromatic nitrogens is 1. The average Bonchev–Trinajstić information content (AvgIpc) is 3.11. The first-order valence-electron chi connectivity index (χ1n) is 10.7. The van der Waals surface area contributed by atoms with E-state index in [1.165, 1.54) is 0 Å². The molecule has 3 aromatic rings. The maximum absolute atomic E-state index is 12.8. The molecule has 164 valence electrons. The molecule has 2 N–H and O–H groups in total. The highest BCUT2D eigenvalue weighted by Crippen LogP contribution is 2.43. The van der Waals surface area contributed by atoms with Gasteiger partial charge in [-0.25, -0.2) is 9.78 Å². The molecule has 1 atom stereocenters. The van der Waals surface area contributed by atoms with Crippen molar-refractivity contribution in [1.29, 1.82) is 0 Å². The van der Waals surface area contributed by atoms with E-state index in [4.69, 9.17) is 9.47 Å². The Morgan fingerprint density at radius 1 is 1.12 bits per heavy atom. The van der Waals surface area contributed by atoms with Crippen LogP contribution in [-0.2, 0) is 4.74 Å². The minimum absolute atomic E-state index is 0.0297. The highest BCUT2D eigenvalue weighted by molar-refractivity contribution is 6.05. The number of amides is 3. The molecule has 0 aliphatic carbocycles. The van der Waals surface area contributed by atoms with E-state index in [0.29, 0.717) is 28.3 Å². The molecule has 1 aromatic heterocycles. The lowest BCUT2D eigenvalue weighted by Crippen LogP contribution is -2.32. The monoisotopic (exact) mass is 432 g/mol. The molecule has 2 aromatic carbocycles. The Balaban J connectivity index is 1.37. The number of ether oxygens (including phenoxy) is 2. The quantitative estimate of drug-likeness (QED) is 0.578. The van der Waals surface area contributed by atoms with Crippen LogP contribution >= 0.6 is 0 Å². The highest BCUT2D eigenvalue weighted by Gasteiger charge is 2.39. The first kappa shape index (κ1) is 20.3. The summed E-state index contributed by atoms with van der Waals surface area (Å²) in [6.45, 7) is 0.868. The molecule has 0 bridgehead atoms. The van der Waals surface area contributed by atoms with Crippen LogP contribution in [0.4, 0.5) is 16.3 Å². The van der Waals surface area contributed by atoms with Crippen LogP contribution in [0.3, 0.4) is 0 Å². The average molecular weight is 432 g/mol. The Hall–Kier alpha value is -3.65. The Morgan fingerprint density at radius 3 is 2.88 bits per heavy atom. The third-order valence-corrected chi connectivity index (χ3v) is 5.94. The number of urea groups is 1. The summed E-state index contributed by atoms with van der Waals surface area (Å²) >= 11 is 0.